The SMILES string of the molecule is CCCOc1ccc(-c2nc(N)nc(C)c2C(=O)NCC)cc1Br. The van der Waals surface area contributed by atoms with Crippen LogP contribution in [0.1, 0.15) is 36.3 Å². The van der Waals surface area contributed by atoms with Crippen molar-refractivity contribution < 1.29 is 9.53 Å². The van der Waals surface area contributed by atoms with Crippen LogP contribution in [-0.4, -0.2) is 29.0 Å². The summed E-state index contributed by atoms with van der Waals surface area (Å²) in [7, 11) is 0. The molecule has 1 heterocycles. The van der Waals surface area contributed by atoms with Gasteiger partial charge in [-0.15, -0.1) is 0 Å². The van der Waals surface area contributed by atoms with Gasteiger partial charge in [0.05, 0.1) is 28.0 Å². The molecule has 0 fully saturated rings. The smallest absolute Gasteiger partial charge is 0.255 e. The normalized spacial score (nSPS) is 10.5. The average molecular weight is 393 g/mol. The van der Waals surface area contributed by atoms with Crippen molar-refractivity contribution in [3.63, 3.8) is 0 Å². The van der Waals surface area contributed by atoms with E-state index in [9.17, 15) is 4.79 Å². The fourth-order valence-electron chi connectivity index (χ4n) is 2.30. The maximum absolute atomic E-state index is 12.4. The lowest BCUT2D eigenvalue weighted by Crippen LogP contribution is -2.25. The molecule has 7 heteroatoms. The molecule has 24 heavy (non-hydrogen) atoms. The number of carbonyl (C=O) groups is 1. The van der Waals surface area contributed by atoms with Crippen LogP contribution in [0.3, 0.4) is 0 Å². The number of hydrogen-bond donors (Lipinski definition) is 2. The van der Waals surface area contributed by atoms with Crippen molar-refractivity contribution in [2.75, 3.05) is 18.9 Å². The molecule has 0 aliphatic heterocycles. The maximum atomic E-state index is 12.4. The second kappa shape index (κ2) is 8.10. The third-order valence-corrected chi connectivity index (χ3v) is 3.96. The van der Waals surface area contributed by atoms with Crippen LogP contribution in [0.15, 0.2) is 22.7 Å². The van der Waals surface area contributed by atoms with Crippen LogP contribution in [0, 0.1) is 6.92 Å². The van der Waals surface area contributed by atoms with Gasteiger partial charge >= 0.3 is 0 Å². The van der Waals surface area contributed by atoms with Crippen molar-refractivity contribution in [1.29, 1.82) is 0 Å². The summed E-state index contributed by atoms with van der Waals surface area (Å²) >= 11 is 3.50. The van der Waals surface area contributed by atoms with Crippen molar-refractivity contribution in [3.8, 4) is 17.0 Å². The summed E-state index contributed by atoms with van der Waals surface area (Å²) in [5.41, 5.74) is 8.04. The maximum Gasteiger partial charge on any atom is 0.255 e. The Morgan fingerprint density at radius 2 is 2.08 bits per heavy atom. The second-order valence-electron chi connectivity index (χ2n) is 5.24. The van der Waals surface area contributed by atoms with Crippen LogP contribution in [0.2, 0.25) is 0 Å². The number of halogens is 1. The molecule has 3 N–H and O–H groups in total. The molecule has 6 nitrogen and oxygen atoms in total. The highest BCUT2D eigenvalue weighted by Crippen LogP contribution is 2.32. The Labute approximate surface area is 150 Å². The van der Waals surface area contributed by atoms with E-state index in [1.54, 1.807) is 6.92 Å². The summed E-state index contributed by atoms with van der Waals surface area (Å²) in [6.45, 7) is 6.83. The molecule has 1 aromatic heterocycles. The van der Waals surface area contributed by atoms with E-state index in [1.807, 2.05) is 32.0 Å². The molecule has 1 aromatic carbocycles. The Balaban J connectivity index is 2.51. The summed E-state index contributed by atoms with van der Waals surface area (Å²) in [4.78, 5) is 20.8. The molecule has 2 aromatic rings. The lowest BCUT2D eigenvalue weighted by molar-refractivity contribution is 0.0955. The lowest BCUT2D eigenvalue weighted by atomic mass is 10.0. The number of nitrogen functional groups attached to an aromatic ring is 1. The van der Waals surface area contributed by atoms with E-state index in [-0.39, 0.29) is 11.9 Å². The predicted octanol–water partition coefficient (Wildman–Crippen LogP) is 3.34. The number of aromatic nitrogens is 2. The molecule has 0 saturated carbocycles. The van der Waals surface area contributed by atoms with Gasteiger partial charge in [0.25, 0.3) is 5.91 Å². The Morgan fingerprint density at radius 3 is 2.71 bits per heavy atom. The van der Waals surface area contributed by atoms with Gasteiger partial charge in [0.15, 0.2) is 0 Å². The van der Waals surface area contributed by atoms with Gasteiger partial charge in [-0.25, -0.2) is 9.97 Å². The molecule has 0 spiro atoms. The fourth-order valence-corrected chi connectivity index (χ4v) is 2.79. The van der Waals surface area contributed by atoms with E-state index >= 15 is 0 Å². The molecule has 0 saturated heterocycles. The van der Waals surface area contributed by atoms with Gasteiger partial charge in [0.1, 0.15) is 5.75 Å². The number of carbonyl (C=O) groups excluding carboxylic acids is 1. The molecular weight excluding hydrogens is 372 g/mol. The number of aryl methyl sites for hydroxylation is 1. The van der Waals surface area contributed by atoms with Gasteiger partial charge in [-0.3, -0.25) is 4.79 Å². The molecular formula is C17H21BrN4O2. The quantitative estimate of drug-likeness (QED) is 0.786. The van der Waals surface area contributed by atoms with Crippen LogP contribution in [0.4, 0.5) is 5.95 Å². The first-order chi connectivity index (χ1) is 11.5. The Hall–Kier alpha value is -2.15. The van der Waals surface area contributed by atoms with Crippen molar-refractivity contribution in [3.05, 3.63) is 33.9 Å². The van der Waals surface area contributed by atoms with Crippen LogP contribution in [0.25, 0.3) is 11.3 Å². The second-order valence-corrected chi connectivity index (χ2v) is 6.10. The van der Waals surface area contributed by atoms with E-state index in [4.69, 9.17) is 10.5 Å². The third-order valence-electron chi connectivity index (χ3n) is 3.34. The zero-order chi connectivity index (χ0) is 17.7. The van der Waals surface area contributed by atoms with Crippen LogP contribution >= 0.6 is 15.9 Å². The van der Waals surface area contributed by atoms with Crippen LogP contribution < -0.4 is 15.8 Å². The minimum absolute atomic E-state index is 0.137. The van der Waals surface area contributed by atoms with E-state index in [0.29, 0.717) is 30.1 Å². The molecule has 128 valence electrons. The summed E-state index contributed by atoms with van der Waals surface area (Å²) in [6.07, 6.45) is 0.928. The highest BCUT2D eigenvalue weighted by atomic mass is 79.9. The van der Waals surface area contributed by atoms with Crippen molar-refractivity contribution >= 4 is 27.8 Å². The number of benzene rings is 1. The molecule has 0 unspecified atom stereocenters. The number of rotatable bonds is 6. The molecule has 0 bridgehead atoms. The van der Waals surface area contributed by atoms with Gasteiger partial charge in [0.2, 0.25) is 5.95 Å². The number of anilines is 1. The zero-order valence-corrected chi connectivity index (χ0v) is 15.6. The summed E-state index contributed by atoms with van der Waals surface area (Å²) in [6, 6.07) is 5.58. The van der Waals surface area contributed by atoms with E-state index in [0.717, 1.165) is 22.2 Å². The molecule has 0 aliphatic rings. The van der Waals surface area contributed by atoms with Crippen LogP contribution in [0.5, 0.6) is 5.75 Å². The first-order valence-electron chi connectivity index (χ1n) is 7.82. The highest BCUT2D eigenvalue weighted by molar-refractivity contribution is 9.10. The average Bonchev–Trinajstić information content (AvgIpc) is 2.53. The first-order valence-corrected chi connectivity index (χ1v) is 8.62. The van der Waals surface area contributed by atoms with E-state index < -0.39 is 0 Å². The largest absolute Gasteiger partial charge is 0.492 e. The van der Waals surface area contributed by atoms with Crippen LogP contribution in [-0.2, 0) is 0 Å². The van der Waals surface area contributed by atoms with Crippen molar-refractivity contribution in [1.82, 2.24) is 15.3 Å². The van der Waals surface area contributed by atoms with Gasteiger partial charge < -0.3 is 15.8 Å². The molecule has 2 rings (SSSR count). The Kier molecular flexibility index (Phi) is 6.14. The van der Waals surface area contributed by atoms with Gasteiger partial charge in [-0.1, -0.05) is 6.92 Å². The molecule has 0 radical (unpaired) electrons. The topological polar surface area (TPSA) is 90.1 Å². The monoisotopic (exact) mass is 392 g/mol. The minimum atomic E-state index is -0.215. The summed E-state index contributed by atoms with van der Waals surface area (Å²) in [5, 5.41) is 2.79. The number of hydrogen-bond acceptors (Lipinski definition) is 5. The number of nitrogens with one attached hydrogen (secondary N) is 1. The van der Waals surface area contributed by atoms with E-state index in [2.05, 4.69) is 31.2 Å². The van der Waals surface area contributed by atoms with E-state index in [1.165, 1.54) is 0 Å². The van der Waals surface area contributed by atoms with Crippen molar-refractivity contribution in [2.24, 2.45) is 0 Å². The molecule has 0 atom stereocenters. The third kappa shape index (κ3) is 4.03. The number of nitrogens with two attached hydrogens (primary N) is 1. The van der Waals surface area contributed by atoms with Gasteiger partial charge in [-0.05, 0) is 54.4 Å². The summed E-state index contributed by atoms with van der Waals surface area (Å²) in [5.74, 6) is 0.671. The first kappa shape index (κ1) is 18.2. The Bertz CT molecular complexity index is 750. The van der Waals surface area contributed by atoms with Gasteiger partial charge in [0, 0.05) is 12.1 Å². The highest BCUT2D eigenvalue weighted by Gasteiger charge is 2.19. The number of nitrogens with zero attached hydrogens (tertiary/aromatic N) is 2. The van der Waals surface area contributed by atoms with Gasteiger partial charge in [-0.2, -0.15) is 0 Å². The lowest BCUT2D eigenvalue weighted by Gasteiger charge is -2.13. The standard InChI is InChI=1S/C17H21BrN4O2/c1-4-8-24-13-7-6-11(9-12(13)18)15-14(16(23)20-5-2)10(3)21-17(19)22-15/h6-7,9H,4-5,8H2,1-3H3,(H,20,23)(H2,19,21,22). The number of ether oxygens (including phenoxy) is 1. The predicted molar refractivity (Wildman–Crippen MR) is 98.1 cm³/mol. The molecule has 0 aliphatic carbocycles. The Morgan fingerprint density at radius 1 is 1.33 bits per heavy atom. The van der Waals surface area contributed by atoms with Crippen molar-refractivity contribution in [2.45, 2.75) is 27.2 Å². The number of amides is 1. The summed E-state index contributed by atoms with van der Waals surface area (Å²) < 4.78 is 6.45. The fraction of sp³-hybridized carbons (Fsp3) is 0.353. The zero-order valence-electron chi connectivity index (χ0n) is 14.0. The molecule has 1 amide bonds. The minimum Gasteiger partial charge on any atom is -0.492 e.